The number of hydrogen-bond acceptors (Lipinski definition) is 2. The SMILES string of the molecule is Cc1cccc2c1N(CC=CCCl)C(=O)C2=O. The van der Waals surface area contributed by atoms with E-state index in [9.17, 15) is 9.59 Å². The van der Waals surface area contributed by atoms with Gasteiger partial charge in [0.2, 0.25) is 0 Å². The van der Waals surface area contributed by atoms with Gasteiger partial charge in [0, 0.05) is 12.4 Å². The second-order valence-corrected chi connectivity index (χ2v) is 4.15. The molecule has 0 radical (unpaired) electrons. The summed E-state index contributed by atoms with van der Waals surface area (Å²) < 4.78 is 0. The van der Waals surface area contributed by atoms with Crippen LogP contribution >= 0.6 is 11.6 Å². The molecule has 0 aromatic heterocycles. The van der Waals surface area contributed by atoms with Crippen molar-refractivity contribution in [2.75, 3.05) is 17.3 Å². The summed E-state index contributed by atoms with van der Waals surface area (Å²) in [6.07, 6.45) is 3.55. The number of anilines is 1. The highest BCUT2D eigenvalue weighted by Gasteiger charge is 2.35. The number of ketones is 1. The quantitative estimate of drug-likeness (QED) is 0.468. The molecule has 2 rings (SSSR count). The first-order valence-electron chi connectivity index (χ1n) is 5.33. The third-order valence-electron chi connectivity index (χ3n) is 2.74. The number of rotatable bonds is 3. The number of alkyl halides is 1. The number of halogens is 1. The lowest BCUT2D eigenvalue weighted by Crippen LogP contribution is -2.30. The number of amides is 1. The van der Waals surface area contributed by atoms with Crippen LogP contribution in [0.15, 0.2) is 30.4 Å². The van der Waals surface area contributed by atoms with Crippen molar-refractivity contribution in [2.24, 2.45) is 0 Å². The molecule has 0 saturated heterocycles. The van der Waals surface area contributed by atoms with Crippen LogP contribution in [0.1, 0.15) is 15.9 Å². The predicted molar refractivity (Wildman–Crippen MR) is 67.7 cm³/mol. The molecule has 1 aliphatic rings. The van der Waals surface area contributed by atoms with E-state index in [1.54, 1.807) is 24.3 Å². The monoisotopic (exact) mass is 249 g/mol. The number of fused-ring (bicyclic) bond motifs is 1. The van der Waals surface area contributed by atoms with Gasteiger partial charge in [0.1, 0.15) is 0 Å². The summed E-state index contributed by atoms with van der Waals surface area (Å²) in [6.45, 7) is 2.28. The molecule has 1 aliphatic heterocycles. The number of allylic oxidation sites excluding steroid dienone is 1. The molecule has 0 aliphatic carbocycles. The first-order chi connectivity index (χ1) is 8.16. The summed E-state index contributed by atoms with van der Waals surface area (Å²) in [5, 5.41) is 0. The second-order valence-electron chi connectivity index (χ2n) is 3.84. The number of para-hydroxylation sites is 1. The second kappa shape index (κ2) is 4.72. The van der Waals surface area contributed by atoms with Gasteiger partial charge in [-0.2, -0.15) is 0 Å². The molecule has 17 heavy (non-hydrogen) atoms. The van der Waals surface area contributed by atoms with Gasteiger partial charge in [-0.05, 0) is 18.6 Å². The van der Waals surface area contributed by atoms with Crippen molar-refractivity contribution in [2.45, 2.75) is 6.92 Å². The summed E-state index contributed by atoms with van der Waals surface area (Å²) in [7, 11) is 0. The van der Waals surface area contributed by atoms with E-state index in [4.69, 9.17) is 11.6 Å². The number of Topliss-reactive ketones (excluding diaryl/α,β-unsaturated/α-hetero) is 1. The Kier molecular flexibility index (Phi) is 3.29. The Bertz CT molecular complexity index is 508. The topological polar surface area (TPSA) is 37.4 Å². The lowest BCUT2D eigenvalue weighted by molar-refractivity contribution is -0.114. The first kappa shape index (κ1) is 11.9. The summed E-state index contributed by atoms with van der Waals surface area (Å²) in [5.41, 5.74) is 2.15. The van der Waals surface area contributed by atoms with Crippen molar-refractivity contribution in [1.82, 2.24) is 0 Å². The zero-order valence-electron chi connectivity index (χ0n) is 9.44. The van der Waals surface area contributed by atoms with E-state index in [1.807, 2.05) is 13.0 Å². The van der Waals surface area contributed by atoms with Crippen LogP contribution in [0.25, 0.3) is 0 Å². The van der Waals surface area contributed by atoms with Gasteiger partial charge in [0.25, 0.3) is 11.7 Å². The standard InChI is InChI=1S/C13H12ClNO2/c1-9-5-4-6-10-11(9)15(8-3-2-7-14)13(17)12(10)16/h2-6H,7-8H2,1H3. The van der Waals surface area contributed by atoms with E-state index < -0.39 is 11.7 Å². The van der Waals surface area contributed by atoms with Gasteiger partial charge < -0.3 is 4.90 Å². The molecule has 0 fully saturated rings. The molecule has 1 amide bonds. The largest absolute Gasteiger partial charge is 0.301 e. The van der Waals surface area contributed by atoms with Crippen molar-refractivity contribution in [1.29, 1.82) is 0 Å². The predicted octanol–water partition coefficient (Wildman–Crippen LogP) is 2.32. The molecule has 0 N–H and O–H groups in total. The number of nitrogens with zero attached hydrogens (tertiary/aromatic N) is 1. The number of aryl methyl sites for hydroxylation is 1. The summed E-state index contributed by atoms with van der Waals surface area (Å²) >= 11 is 5.53. The van der Waals surface area contributed by atoms with Crippen LogP contribution in [0, 0.1) is 6.92 Å². The number of carbonyl (C=O) groups excluding carboxylic acids is 2. The van der Waals surface area contributed by atoms with E-state index in [0.717, 1.165) is 11.3 Å². The zero-order chi connectivity index (χ0) is 12.4. The van der Waals surface area contributed by atoms with Crippen molar-refractivity contribution in [3.8, 4) is 0 Å². The fraction of sp³-hybridized carbons (Fsp3) is 0.231. The van der Waals surface area contributed by atoms with E-state index in [1.165, 1.54) is 4.90 Å². The van der Waals surface area contributed by atoms with Crippen LogP contribution in [0.3, 0.4) is 0 Å². The minimum absolute atomic E-state index is 0.384. The van der Waals surface area contributed by atoms with Crippen molar-refractivity contribution in [3.05, 3.63) is 41.5 Å². The minimum atomic E-state index is -0.464. The van der Waals surface area contributed by atoms with Crippen LogP contribution in [0.4, 0.5) is 5.69 Å². The van der Waals surface area contributed by atoms with E-state index in [2.05, 4.69) is 0 Å². The van der Waals surface area contributed by atoms with Crippen molar-refractivity contribution >= 4 is 29.0 Å². The summed E-state index contributed by atoms with van der Waals surface area (Å²) in [4.78, 5) is 25.1. The van der Waals surface area contributed by atoms with Gasteiger partial charge in [-0.3, -0.25) is 9.59 Å². The fourth-order valence-electron chi connectivity index (χ4n) is 1.96. The highest BCUT2D eigenvalue weighted by atomic mass is 35.5. The lowest BCUT2D eigenvalue weighted by atomic mass is 10.1. The summed E-state index contributed by atoms with van der Waals surface area (Å²) in [6, 6.07) is 5.37. The third kappa shape index (κ3) is 1.98. The molecule has 0 unspecified atom stereocenters. The number of hydrogen-bond donors (Lipinski definition) is 0. The minimum Gasteiger partial charge on any atom is -0.301 e. The van der Waals surface area contributed by atoms with Crippen LogP contribution in [0.5, 0.6) is 0 Å². The molecule has 3 nitrogen and oxygen atoms in total. The number of benzene rings is 1. The maximum Gasteiger partial charge on any atom is 0.299 e. The third-order valence-corrected chi connectivity index (χ3v) is 2.91. The molecule has 1 aromatic rings. The van der Waals surface area contributed by atoms with Gasteiger partial charge in [0.05, 0.1) is 11.3 Å². The lowest BCUT2D eigenvalue weighted by Gasteiger charge is -2.16. The van der Waals surface area contributed by atoms with E-state index in [-0.39, 0.29) is 0 Å². The maximum atomic E-state index is 11.8. The number of carbonyl (C=O) groups is 2. The van der Waals surface area contributed by atoms with E-state index >= 15 is 0 Å². The molecule has 0 spiro atoms. The Hall–Kier alpha value is -1.61. The van der Waals surface area contributed by atoms with Gasteiger partial charge in [-0.15, -0.1) is 11.6 Å². The van der Waals surface area contributed by atoms with Crippen LogP contribution in [-0.4, -0.2) is 24.1 Å². The molecule has 0 bridgehead atoms. The molecule has 0 saturated carbocycles. The Morgan fingerprint density at radius 2 is 2.06 bits per heavy atom. The Morgan fingerprint density at radius 1 is 1.29 bits per heavy atom. The van der Waals surface area contributed by atoms with Crippen molar-refractivity contribution in [3.63, 3.8) is 0 Å². The average molecular weight is 250 g/mol. The van der Waals surface area contributed by atoms with Crippen LogP contribution < -0.4 is 4.90 Å². The van der Waals surface area contributed by atoms with Crippen LogP contribution in [0.2, 0.25) is 0 Å². The zero-order valence-corrected chi connectivity index (χ0v) is 10.2. The van der Waals surface area contributed by atoms with Crippen molar-refractivity contribution < 1.29 is 9.59 Å². The van der Waals surface area contributed by atoms with Gasteiger partial charge in [-0.25, -0.2) is 0 Å². The molecular weight excluding hydrogens is 238 g/mol. The Labute approximate surface area is 105 Å². The van der Waals surface area contributed by atoms with Gasteiger partial charge in [0.15, 0.2) is 0 Å². The molecule has 1 aromatic carbocycles. The normalized spacial score (nSPS) is 14.8. The summed E-state index contributed by atoms with van der Waals surface area (Å²) in [5.74, 6) is -0.493. The molecule has 1 heterocycles. The maximum absolute atomic E-state index is 11.8. The Balaban J connectivity index is 2.40. The van der Waals surface area contributed by atoms with Gasteiger partial charge in [-0.1, -0.05) is 24.3 Å². The molecule has 4 heteroatoms. The fourth-order valence-corrected chi connectivity index (χ4v) is 2.08. The average Bonchev–Trinajstić information content (AvgIpc) is 2.56. The Morgan fingerprint density at radius 3 is 2.76 bits per heavy atom. The highest BCUT2D eigenvalue weighted by molar-refractivity contribution is 6.52. The highest BCUT2D eigenvalue weighted by Crippen LogP contribution is 2.31. The molecular formula is C13H12ClNO2. The van der Waals surface area contributed by atoms with E-state index in [0.29, 0.717) is 18.0 Å². The smallest absolute Gasteiger partial charge is 0.299 e. The molecule has 88 valence electrons. The molecule has 0 atom stereocenters. The first-order valence-corrected chi connectivity index (χ1v) is 5.87. The van der Waals surface area contributed by atoms with Crippen LogP contribution in [-0.2, 0) is 4.79 Å². The van der Waals surface area contributed by atoms with Gasteiger partial charge >= 0.3 is 0 Å².